The Hall–Kier alpha value is -8.42. The van der Waals surface area contributed by atoms with Gasteiger partial charge in [0.15, 0.2) is 17.5 Å². The van der Waals surface area contributed by atoms with E-state index in [2.05, 4.69) is 128 Å². The predicted molar refractivity (Wildman–Crippen MR) is 259 cm³/mol. The van der Waals surface area contributed by atoms with Gasteiger partial charge < -0.3 is 14.2 Å². The van der Waals surface area contributed by atoms with Crippen LogP contribution in [-0.4, -0.2) is 20.8 Å². The fraction of sp³-hybridized carbons (Fsp3) is 0.0526. The largest absolute Gasteiger partial charge is 0.456 e. The molecule has 1 aliphatic heterocycles. The van der Waals surface area contributed by atoms with Gasteiger partial charge in [0.2, 0.25) is 0 Å². The normalized spacial score (nSPS) is 14.1. The maximum absolute atomic E-state index is 6.62. The Morgan fingerprint density at radius 1 is 0.438 bits per heavy atom. The molecule has 0 spiro atoms. The second-order valence-corrected chi connectivity index (χ2v) is 16.1. The average Bonchev–Trinajstić information content (AvgIpc) is 3.95. The molecule has 0 aliphatic carbocycles. The van der Waals surface area contributed by atoms with Gasteiger partial charge in [-0.05, 0) is 70.6 Å². The zero-order valence-electron chi connectivity index (χ0n) is 34.9. The van der Waals surface area contributed by atoms with Crippen LogP contribution >= 0.6 is 0 Å². The molecular formula is C57H39N5O2. The monoisotopic (exact) mass is 825 g/mol. The second-order valence-electron chi connectivity index (χ2n) is 16.1. The van der Waals surface area contributed by atoms with Crippen LogP contribution in [0.1, 0.15) is 36.1 Å². The van der Waals surface area contributed by atoms with Crippen molar-refractivity contribution >= 4 is 55.4 Å². The van der Waals surface area contributed by atoms with E-state index in [1.165, 1.54) is 5.57 Å². The first-order valence-electron chi connectivity index (χ1n) is 21.6. The smallest absolute Gasteiger partial charge is 0.164 e. The van der Waals surface area contributed by atoms with E-state index in [0.717, 1.165) is 106 Å². The van der Waals surface area contributed by atoms with Crippen LogP contribution in [0.15, 0.2) is 214 Å². The molecule has 304 valence electrons. The molecule has 8 aromatic carbocycles. The summed E-state index contributed by atoms with van der Waals surface area (Å²) in [6.45, 7) is 2.22. The van der Waals surface area contributed by atoms with Gasteiger partial charge in [-0.1, -0.05) is 165 Å². The van der Waals surface area contributed by atoms with E-state index >= 15 is 0 Å². The molecule has 11 aromatic rings. The summed E-state index contributed by atoms with van der Waals surface area (Å²) in [4.78, 5) is 20.6. The molecule has 0 fully saturated rings. The van der Waals surface area contributed by atoms with Crippen molar-refractivity contribution in [2.24, 2.45) is 4.99 Å². The number of aliphatic imine (C=N–C) groups is 1. The fourth-order valence-corrected chi connectivity index (χ4v) is 9.19. The number of nitrogens with one attached hydrogen (secondary N) is 1. The summed E-state index contributed by atoms with van der Waals surface area (Å²) in [5.74, 6) is 2.65. The maximum Gasteiger partial charge on any atom is 0.164 e. The molecule has 7 nitrogen and oxygen atoms in total. The van der Waals surface area contributed by atoms with E-state index in [1.807, 2.05) is 78.9 Å². The molecule has 64 heavy (non-hydrogen) atoms. The van der Waals surface area contributed by atoms with Crippen LogP contribution in [0.25, 0.3) is 94.9 Å². The Bertz CT molecular complexity index is 3560. The summed E-state index contributed by atoms with van der Waals surface area (Å²) in [7, 11) is 0. The van der Waals surface area contributed by atoms with Crippen molar-refractivity contribution < 1.29 is 8.83 Å². The molecule has 7 heteroatoms. The van der Waals surface area contributed by atoms with Crippen LogP contribution in [0.2, 0.25) is 0 Å². The SMILES string of the molecule is CCC1=C(c2ccccc2)NC(c2ccccc2)=NC1c1cccc2oc3ccc(-c4ccc5oc6cccc(-c7nc(-c8ccccc8)nc(-c8ccccc8)n7)c6c5c4)cc3c12. The molecule has 4 heterocycles. The molecule has 3 aromatic heterocycles. The van der Waals surface area contributed by atoms with Crippen molar-refractivity contribution in [2.45, 2.75) is 19.4 Å². The molecule has 1 atom stereocenters. The molecular weight excluding hydrogens is 787 g/mol. The second kappa shape index (κ2) is 15.5. The summed E-state index contributed by atoms with van der Waals surface area (Å²) in [5, 5.41) is 7.78. The molecule has 0 amide bonds. The number of furan rings is 2. The minimum Gasteiger partial charge on any atom is -0.456 e. The highest BCUT2D eigenvalue weighted by Gasteiger charge is 2.29. The quantitative estimate of drug-likeness (QED) is 0.164. The van der Waals surface area contributed by atoms with Gasteiger partial charge in [-0.3, -0.25) is 4.99 Å². The fourth-order valence-electron chi connectivity index (χ4n) is 9.19. The van der Waals surface area contributed by atoms with Crippen molar-refractivity contribution in [2.75, 3.05) is 0 Å². The van der Waals surface area contributed by atoms with E-state index in [9.17, 15) is 0 Å². The summed E-state index contributed by atoms with van der Waals surface area (Å²) >= 11 is 0. The lowest BCUT2D eigenvalue weighted by molar-refractivity contribution is 0.668. The highest BCUT2D eigenvalue weighted by atomic mass is 16.3. The Balaban J connectivity index is 1.01. The molecule has 0 radical (unpaired) electrons. The van der Waals surface area contributed by atoms with Crippen LogP contribution in [0, 0.1) is 0 Å². The summed E-state index contributed by atoms with van der Waals surface area (Å²) in [6, 6.07) is 66.2. The molecule has 0 saturated carbocycles. The number of fused-ring (bicyclic) bond motifs is 6. The Labute approximate surface area is 369 Å². The molecule has 0 saturated heterocycles. The van der Waals surface area contributed by atoms with Gasteiger partial charge in [-0.15, -0.1) is 0 Å². The van der Waals surface area contributed by atoms with Gasteiger partial charge in [0.1, 0.15) is 34.2 Å². The first-order chi connectivity index (χ1) is 31.7. The van der Waals surface area contributed by atoms with Gasteiger partial charge in [0, 0.05) is 49.5 Å². The molecule has 0 bridgehead atoms. The number of nitrogens with zero attached hydrogens (tertiary/aromatic N) is 4. The number of amidine groups is 1. The summed E-state index contributed by atoms with van der Waals surface area (Å²) in [5.41, 5.74) is 13.6. The van der Waals surface area contributed by atoms with Crippen molar-refractivity contribution in [3.63, 3.8) is 0 Å². The first kappa shape index (κ1) is 37.4. The highest BCUT2D eigenvalue weighted by molar-refractivity contribution is 6.14. The van der Waals surface area contributed by atoms with Crippen molar-refractivity contribution in [3.8, 4) is 45.3 Å². The minimum atomic E-state index is -0.239. The van der Waals surface area contributed by atoms with Crippen molar-refractivity contribution in [3.05, 3.63) is 216 Å². The van der Waals surface area contributed by atoms with Crippen LogP contribution in [-0.2, 0) is 0 Å². The third-order valence-corrected chi connectivity index (χ3v) is 12.2. The van der Waals surface area contributed by atoms with Crippen LogP contribution in [0.3, 0.4) is 0 Å². The van der Waals surface area contributed by atoms with Crippen LogP contribution in [0.5, 0.6) is 0 Å². The summed E-state index contributed by atoms with van der Waals surface area (Å²) < 4.78 is 13.1. The average molecular weight is 826 g/mol. The molecule has 12 rings (SSSR count). The van der Waals surface area contributed by atoms with E-state index in [0.29, 0.717) is 17.5 Å². The van der Waals surface area contributed by atoms with Gasteiger partial charge in [0.05, 0.1) is 0 Å². The van der Waals surface area contributed by atoms with Crippen LogP contribution in [0.4, 0.5) is 0 Å². The number of hydrogen-bond donors (Lipinski definition) is 1. The summed E-state index contributed by atoms with van der Waals surface area (Å²) in [6.07, 6.45) is 0.817. The van der Waals surface area contributed by atoms with Gasteiger partial charge in [-0.2, -0.15) is 0 Å². The first-order valence-corrected chi connectivity index (χ1v) is 21.6. The number of hydrogen-bond acceptors (Lipinski definition) is 7. The van der Waals surface area contributed by atoms with E-state index in [-0.39, 0.29) is 6.04 Å². The van der Waals surface area contributed by atoms with Crippen molar-refractivity contribution in [1.82, 2.24) is 20.3 Å². The third kappa shape index (κ3) is 6.45. The lowest BCUT2D eigenvalue weighted by Crippen LogP contribution is -2.30. The van der Waals surface area contributed by atoms with Gasteiger partial charge >= 0.3 is 0 Å². The Kier molecular flexibility index (Phi) is 9.04. The standard InChI is InChI=1S/C57H39N5O2/c1-2-41-52(35-17-7-3-8-18-35)58-54(36-19-9-4-10-20-36)59-53(41)42-25-15-27-48-50(42)44-33-39(29-31-46(44)63-48)40-30-32-47-45(34-40)51-43(26-16-28-49(51)64-47)57-61-55(37-21-11-5-12-22-37)60-56(62-57)38-23-13-6-14-24-38/h3-34,53H,2H2,1H3,(H,58,59). The van der Waals surface area contributed by atoms with E-state index in [1.54, 1.807) is 0 Å². The Morgan fingerprint density at radius 2 is 0.938 bits per heavy atom. The molecule has 1 N–H and O–H groups in total. The molecule has 1 aliphatic rings. The van der Waals surface area contributed by atoms with Gasteiger partial charge in [-0.25, -0.2) is 15.0 Å². The number of rotatable bonds is 8. The van der Waals surface area contributed by atoms with Crippen LogP contribution < -0.4 is 5.32 Å². The lowest BCUT2D eigenvalue weighted by atomic mass is 9.88. The third-order valence-electron chi connectivity index (χ3n) is 12.2. The number of aromatic nitrogens is 3. The Morgan fingerprint density at radius 3 is 1.52 bits per heavy atom. The molecule has 1 unspecified atom stereocenters. The van der Waals surface area contributed by atoms with E-state index < -0.39 is 0 Å². The van der Waals surface area contributed by atoms with Gasteiger partial charge in [0.25, 0.3) is 0 Å². The van der Waals surface area contributed by atoms with Crippen molar-refractivity contribution in [1.29, 1.82) is 0 Å². The topological polar surface area (TPSA) is 89.3 Å². The zero-order chi connectivity index (χ0) is 42.6. The lowest BCUT2D eigenvalue weighted by Gasteiger charge is -2.29. The maximum atomic E-state index is 6.62. The predicted octanol–water partition coefficient (Wildman–Crippen LogP) is 14.3. The highest BCUT2D eigenvalue weighted by Crippen LogP contribution is 2.44. The van der Waals surface area contributed by atoms with E-state index in [4.69, 9.17) is 28.8 Å². The minimum absolute atomic E-state index is 0.239. The zero-order valence-corrected chi connectivity index (χ0v) is 34.9. The number of benzene rings is 8.